The maximum absolute atomic E-state index is 13.5. The van der Waals surface area contributed by atoms with Gasteiger partial charge in [0.1, 0.15) is 29.6 Å². The van der Waals surface area contributed by atoms with Crippen LogP contribution < -0.4 is 10.1 Å². The van der Waals surface area contributed by atoms with Crippen LogP contribution >= 0.6 is 11.7 Å². The lowest BCUT2D eigenvalue weighted by Crippen LogP contribution is -2.35. The molecule has 1 aromatic carbocycles. The third-order valence-electron chi connectivity index (χ3n) is 3.26. The van der Waals surface area contributed by atoms with E-state index in [4.69, 9.17) is 4.74 Å². The molecule has 6 nitrogen and oxygen atoms in total. The number of nitrogens with one attached hydrogen (secondary N) is 1. The van der Waals surface area contributed by atoms with Gasteiger partial charge in [-0.1, -0.05) is 6.07 Å². The van der Waals surface area contributed by atoms with Gasteiger partial charge < -0.3 is 15.0 Å². The van der Waals surface area contributed by atoms with Gasteiger partial charge in [0.05, 0.1) is 18.3 Å². The van der Waals surface area contributed by atoms with Crippen LogP contribution in [0.4, 0.5) is 19.3 Å². The number of para-hydroxylation sites is 1. The van der Waals surface area contributed by atoms with Crippen LogP contribution in [0.5, 0.6) is 5.88 Å². The van der Waals surface area contributed by atoms with Crippen molar-refractivity contribution >= 4 is 23.4 Å². The number of rotatable bonds is 3. The standard InChI is InChI=1S/C13H12F2N4O2S/c14-9-2-1-3-10(15)12(9)17-13(20)19-5-4-8(7-19)21-11-6-16-22-18-11/h1-3,6,8H,4-5,7H2,(H,17,20). The van der Waals surface area contributed by atoms with Gasteiger partial charge in [0.25, 0.3) is 0 Å². The molecule has 116 valence electrons. The summed E-state index contributed by atoms with van der Waals surface area (Å²) < 4.78 is 40.3. The van der Waals surface area contributed by atoms with Gasteiger partial charge in [-0.3, -0.25) is 0 Å². The second kappa shape index (κ2) is 6.22. The summed E-state index contributed by atoms with van der Waals surface area (Å²) in [6.45, 7) is 0.754. The Hall–Kier alpha value is -2.29. The van der Waals surface area contributed by atoms with Crippen molar-refractivity contribution < 1.29 is 18.3 Å². The van der Waals surface area contributed by atoms with Gasteiger partial charge in [-0.25, -0.2) is 13.6 Å². The molecule has 9 heteroatoms. The average molecular weight is 326 g/mol. The fourth-order valence-corrected chi connectivity index (χ4v) is 2.55. The van der Waals surface area contributed by atoms with Gasteiger partial charge in [-0.15, -0.1) is 4.37 Å². The normalized spacial score (nSPS) is 17.5. The van der Waals surface area contributed by atoms with E-state index in [0.29, 0.717) is 25.4 Å². The Kier molecular flexibility index (Phi) is 4.14. The van der Waals surface area contributed by atoms with Crippen molar-refractivity contribution in [3.8, 4) is 5.88 Å². The number of halogens is 2. The van der Waals surface area contributed by atoms with Crippen molar-refractivity contribution in [2.75, 3.05) is 18.4 Å². The van der Waals surface area contributed by atoms with Crippen LogP contribution in [0.25, 0.3) is 0 Å². The number of urea groups is 1. The molecule has 0 spiro atoms. The molecule has 2 heterocycles. The van der Waals surface area contributed by atoms with Crippen LogP contribution in [0, 0.1) is 11.6 Å². The quantitative estimate of drug-likeness (QED) is 0.941. The van der Waals surface area contributed by atoms with Crippen molar-refractivity contribution in [2.24, 2.45) is 0 Å². The molecule has 2 aromatic rings. The summed E-state index contributed by atoms with van der Waals surface area (Å²) in [7, 11) is 0. The number of carbonyl (C=O) groups is 1. The summed E-state index contributed by atoms with van der Waals surface area (Å²) in [4.78, 5) is 13.5. The van der Waals surface area contributed by atoms with E-state index in [-0.39, 0.29) is 6.10 Å². The van der Waals surface area contributed by atoms with E-state index in [1.165, 1.54) is 17.2 Å². The minimum Gasteiger partial charge on any atom is -0.471 e. The number of hydrogen-bond acceptors (Lipinski definition) is 5. The highest BCUT2D eigenvalue weighted by Crippen LogP contribution is 2.21. The summed E-state index contributed by atoms with van der Waals surface area (Å²) in [6.07, 6.45) is 1.91. The molecular formula is C13H12F2N4O2S. The molecule has 0 radical (unpaired) electrons. The molecule has 1 N–H and O–H groups in total. The van der Waals surface area contributed by atoms with Gasteiger partial charge in [0.2, 0.25) is 5.88 Å². The monoisotopic (exact) mass is 326 g/mol. The molecule has 3 rings (SSSR count). The number of aromatic nitrogens is 2. The molecule has 0 aliphatic carbocycles. The smallest absolute Gasteiger partial charge is 0.322 e. The second-order valence-electron chi connectivity index (χ2n) is 4.75. The topological polar surface area (TPSA) is 67.4 Å². The summed E-state index contributed by atoms with van der Waals surface area (Å²) in [5.74, 6) is -1.21. The Morgan fingerprint density at radius 2 is 2.18 bits per heavy atom. The lowest BCUT2D eigenvalue weighted by Gasteiger charge is -2.17. The molecule has 1 unspecified atom stereocenters. The molecule has 1 aromatic heterocycles. The summed E-state index contributed by atoms with van der Waals surface area (Å²) >= 11 is 1.03. The first-order valence-corrected chi connectivity index (χ1v) is 7.30. The third-order valence-corrected chi connectivity index (χ3v) is 3.72. The van der Waals surface area contributed by atoms with Crippen molar-refractivity contribution in [2.45, 2.75) is 12.5 Å². The third kappa shape index (κ3) is 3.14. The molecule has 1 aliphatic rings. The van der Waals surface area contributed by atoms with Crippen molar-refractivity contribution in [1.82, 2.24) is 13.6 Å². The zero-order valence-electron chi connectivity index (χ0n) is 11.3. The second-order valence-corrected chi connectivity index (χ2v) is 5.30. The van der Waals surface area contributed by atoms with E-state index in [0.717, 1.165) is 23.9 Å². The van der Waals surface area contributed by atoms with Crippen LogP contribution in [0.2, 0.25) is 0 Å². The molecule has 1 saturated heterocycles. The molecule has 0 bridgehead atoms. The average Bonchev–Trinajstić information content (AvgIpc) is 3.15. The largest absolute Gasteiger partial charge is 0.471 e. The molecule has 1 aliphatic heterocycles. The highest BCUT2D eigenvalue weighted by atomic mass is 32.1. The van der Waals surface area contributed by atoms with E-state index in [1.54, 1.807) is 0 Å². The van der Waals surface area contributed by atoms with E-state index >= 15 is 0 Å². The van der Waals surface area contributed by atoms with E-state index in [2.05, 4.69) is 14.1 Å². The fourth-order valence-electron chi connectivity index (χ4n) is 2.19. The minimum absolute atomic E-state index is 0.208. The molecule has 2 amide bonds. The van der Waals surface area contributed by atoms with Gasteiger partial charge in [-0.05, 0) is 12.1 Å². The summed E-state index contributed by atoms with van der Waals surface area (Å²) in [5.41, 5.74) is -0.444. The Labute approximate surface area is 129 Å². The number of benzene rings is 1. The summed E-state index contributed by atoms with van der Waals surface area (Å²) in [5, 5.41) is 2.26. The molecule has 0 saturated carbocycles. The van der Waals surface area contributed by atoms with Crippen molar-refractivity contribution in [3.05, 3.63) is 36.0 Å². The van der Waals surface area contributed by atoms with Gasteiger partial charge in [-0.2, -0.15) is 4.37 Å². The van der Waals surface area contributed by atoms with E-state index < -0.39 is 23.4 Å². The van der Waals surface area contributed by atoms with Crippen molar-refractivity contribution in [3.63, 3.8) is 0 Å². The predicted octanol–water partition coefficient (Wildman–Crippen LogP) is 2.50. The van der Waals surface area contributed by atoms with Crippen LogP contribution in [-0.2, 0) is 0 Å². The Morgan fingerprint density at radius 3 is 2.86 bits per heavy atom. The number of likely N-dealkylation sites (tertiary alicyclic amines) is 1. The van der Waals surface area contributed by atoms with E-state index in [9.17, 15) is 13.6 Å². The predicted molar refractivity (Wildman–Crippen MR) is 75.9 cm³/mol. The van der Waals surface area contributed by atoms with Crippen LogP contribution in [-0.4, -0.2) is 38.9 Å². The fraction of sp³-hybridized carbons (Fsp3) is 0.308. The molecule has 1 atom stereocenters. The Morgan fingerprint density at radius 1 is 1.41 bits per heavy atom. The Bertz CT molecular complexity index is 648. The highest BCUT2D eigenvalue weighted by molar-refractivity contribution is 6.99. The molecular weight excluding hydrogens is 314 g/mol. The first kappa shape index (κ1) is 14.6. The lowest BCUT2D eigenvalue weighted by molar-refractivity contribution is 0.191. The zero-order valence-corrected chi connectivity index (χ0v) is 12.1. The number of nitrogens with zero attached hydrogens (tertiary/aromatic N) is 3. The first-order chi connectivity index (χ1) is 10.6. The van der Waals surface area contributed by atoms with Crippen LogP contribution in [0.1, 0.15) is 6.42 Å². The maximum atomic E-state index is 13.5. The van der Waals surface area contributed by atoms with Crippen LogP contribution in [0.3, 0.4) is 0 Å². The first-order valence-electron chi connectivity index (χ1n) is 6.57. The highest BCUT2D eigenvalue weighted by Gasteiger charge is 2.29. The number of carbonyl (C=O) groups excluding carboxylic acids is 1. The van der Waals surface area contributed by atoms with Gasteiger partial charge >= 0.3 is 6.03 Å². The number of amides is 2. The summed E-state index contributed by atoms with van der Waals surface area (Å²) in [6, 6.07) is 2.85. The van der Waals surface area contributed by atoms with Crippen molar-refractivity contribution in [1.29, 1.82) is 0 Å². The number of ether oxygens (including phenoxy) is 1. The number of anilines is 1. The maximum Gasteiger partial charge on any atom is 0.322 e. The van der Waals surface area contributed by atoms with Crippen LogP contribution in [0.15, 0.2) is 24.4 Å². The van der Waals surface area contributed by atoms with Gasteiger partial charge in [0, 0.05) is 13.0 Å². The Balaban J connectivity index is 1.60. The minimum atomic E-state index is -0.811. The SMILES string of the molecule is O=C(Nc1c(F)cccc1F)N1CCC(Oc2cnsn2)C1. The lowest BCUT2D eigenvalue weighted by atomic mass is 10.3. The molecule has 1 fully saturated rings. The van der Waals surface area contributed by atoms with Gasteiger partial charge in [0.15, 0.2) is 0 Å². The molecule has 22 heavy (non-hydrogen) atoms. The number of hydrogen-bond donors (Lipinski definition) is 1. The zero-order chi connectivity index (χ0) is 15.5. The van der Waals surface area contributed by atoms with E-state index in [1.807, 2.05) is 0 Å².